The van der Waals surface area contributed by atoms with E-state index in [0.717, 1.165) is 11.6 Å². The number of nitrogens with zero attached hydrogens (tertiary/aromatic N) is 1. The van der Waals surface area contributed by atoms with Crippen molar-refractivity contribution in [3.05, 3.63) is 24.4 Å². The second-order valence-corrected chi connectivity index (χ2v) is 4.09. The lowest BCUT2D eigenvalue weighted by Crippen LogP contribution is -2.16. The molecule has 0 saturated carbocycles. The summed E-state index contributed by atoms with van der Waals surface area (Å²) in [5, 5.41) is 5.13. The predicted octanol–water partition coefficient (Wildman–Crippen LogP) is 1.88. The zero-order chi connectivity index (χ0) is 8.23. The third kappa shape index (κ3) is 1.99. The fraction of sp³-hybridized carbons (Fsp3) is 0.444. The van der Waals surface area contributed by atoms with Gasteiger partial charge in [0, 0.05) is 6.20 Å². The standard InChI is InChI=1S/C9H12N2S/c1-2-6-10-8(4-1)12-9-5-3-7-11-9/h1-2,4,6,9,11H,3,5,7H2. The molecule has 1 aliphatic rings. The molecule has 2 nitrogen and oxygen atoms in total. The lowest BCUT2D eigenvalue weighted by Gasteiger charge is -2.07. The highest BCUT2D eigenvalue weighted by atomic mass is 32.2. The zero-order valence-electron chi connectivity index (χ0n) is 6.86. The maximum absolute atomic E-state index is 4.27. The Morgan fingerprint density at radius 2 is 2.50 bits per heavy atom. The molecule has 0 aliphatic carbocycles. The van der Waals surface area contributed by atoms with Crippen LogP contribution in [0.3, 0.4) is 0 Å². The van der Waals surface area contributed by atoms with Crippen molar-refractivity contribution in [3.63, 3.8) is 0 Å². The first-order valence-corrected chi connectivity index (χ1v) is 5.14. The third-order valence-corrected chi connectivity index (χ3v) is 3.09. The molecule has 1 unspecified atom stereocenters. The summed E-state index contributed by atoms with van der Waals surface area (Å²) < 4.78 is 0. The van der Waals surface area contributed by atoms with Gasteiger partial charge in [-0.2, -0.15) is 0 Å². The van der Waals surface area contributed by atoms with Gasteiger partial charge in [0.15, 0.2) is 0 Å². The van der Waals surface area contributed by atoms with Crippen LogP contribution in [-0.2, 0) is 0 Å². The minimum atomic E-state index is 0.583. The first kappa shape index (κ1) is 8.08. The van der Waals surface area contributed by atoms with E-state index in [-0.39, 0.29) is 0 Å². The molecule has 0 bridgehead atoms. The van der Waals surface area contributed by atoms with E-state index in [2.05, 4.69) is 16.4 Å². The molecule has 1 saturated heterocycles. The minimum Gasteiger partial charge on any atom is -0.305 e. The molecule has 64 valence electrons. The van der Waals surface area contributed by atoms with E-state index in [1.54, 1.807) is 0 Å². The van der Waals surface area contributed by atoms with Gasteiger partial charge >= 0.3 is 0 Å². The molecule has 2 rings (SSSR count). The summed E-state index contributed by atoms with van der Waals surface area (Å²) >= 11 is 1.83. The van der Waals surface area contributed by atoms with Gasteiger partial charge in [0.05, 0.1) is 10.4 Å². The molecule has 12 heavy (non-hydrogen) atoms. The Balaban J connectivity index is 1.94. The lowest BCUT2D eigenvalue weighted by molar-refractivity contribution is 0.803. The molecule has 1 aliphatic heterocycles. The number of rotatable bonds is 2. The van der Waals surface area contributed by atoms with E-state index in [0.29, 0.717) is 5.37 Å². The predicted molar refractivity (Wildman–Crippen MR) is 51.1 cm³/mol. The minimum absolute atomic E-state index is 0.583. The molecule has 0 radical (unpaired) electrons. The van der Waals surface area contributed by atoms with Gasteiger partial charge in [-0.15, -0.1) is 0 Å². The topological polar surface area (TPSA) is 24.9 Å². The molecule has 1 aromatic heterocycles. The molecule has 0 aromatic carbocycles. The summed E-state index contributed by atoms with van der Waals surface area (Å²) in [6.45, 7) is 1.16. The van der Waals surface area contributed by atoms with E-state index >= 15 is 0 Å². The van der Waals surface area contributed by atoms with E-state index in [9.17, 15) is 0 Å². The van der Waals surface area contributed by atoms with Gasteiger partial charge in [-0.3, -0.25) is 0 Å². The highest BCUT2D eigenvalue weighted by Crippen LogP contribution is 2.24. The lowest BCUT2D eigenvalue weighted by atomic mass is 10.4. The van der Waals surface area contributed by atoms with E-state index in [4.69, 9.17) is 0 Å². The van der Waals surface area contributed by atoms with Gasteiger partial charge < -0.3 is 5.32 Å². The van der Waals surface area contributed by atoms with Crippen LogP contribution in [0.1, 0.15) is 12.8 Å². The van der Waals surface area contributed by atoms with Gasteiger partial charge in [-0.05, 0) is 31.5 Å². The Morgan fingerprint density at radius 1 is 1.50 bits per heavy atom. The third-order valence-electron chi connectivity index (χ3n) is 1.92. The number of pyridine rings is 1. The van der Waals surface area contributed by atoms with Crippen LogP contribution in [0.25, 0.3) is 0 Å². The maximum Gasteiger partial charge on any atom is 0.0975 e. The number of hydrogen-bond acceptors (Lipinski definition) is 3. The van der Waals surface area contributed by atoms with Crippen LogP contribution in [-0.4, -0.2) is 16.9 Å². The number of nitrogens with one attached hydrogen (secondary N) is 1. The summed E-state index contributed by atoms with van der Waals surface area (Å²) in [7, 11) is 0. The van der Waals surface area contributed by atoms with Crippen LogP contribution in [0.4, 0.5) is 0 Å². The summed E-state index contributed by atoms with van der Waals surface area (Å²) in [6, 6.07) is 6.04. The van der Waals surface area contributed by atoms with Crippen molar-refractivity contribution in [3.8, 4) is 0 Å². The first-order chi connectivity index (χ1) is 5.95. The Labute approximate surface area is 76.8 Å². The summed E-state index contributed by atoms with van der Waals surface area (Å²) in [5.41, 5.74) is 0. The molecular weight excluding hydrogens is 168 g/mol. The SMILES string of the molecule is c1ccc(SC2CCCN2)nc1. The van der Waals surface area contributed by atoms with Crippen LogP contribution < -0.4 is 5.32 Å². The monoisotopic (exact) mass is 180 g/mol. The fourth-order valence-electron chi connectivity index (χ4n) is 1.32. The average Bonchev–Trinajstić information content (AvgIpc) is 2.59. The number of aromatic nitrogens is 1. The molecule has 3 heteroatoms. The second kappa shape index (κ2) is 3.92. The molecule has 2 heterocycles. The van der Waals surface area contributed by atoms with Gasteiger partial charge in [0.1, 0.15) is 0 Å². The first-order valence-electron chi connectivity index (χ1n) is 4.26. The highest BCUT2D eigenvalue weighted by molar-refractivity contribution is 7.99. The van der Waals surface area contributed by atoms with Gasteiger partial charge in [-0.25, -0.2) is 4.98 Å². The van der Waals surface area contributed by atoms with Gasteiger partial charge in [0.25, 0.3) is 0 Å². The Morgan fingerprint density at radius 3 is 3.17 bits per heavy atom. The molecule has 1 N–H and O–H groups in total. The Hall–Kier alpha value is -0.540. The van der Waals surface area contributed by atoms with Crippen molar-refractivity contribution in [2.45, 2.75) is 23.2 Å². The molecule has 0 amide bonds. The Kier molecular flexibility index (Phi) is 2.64. The summed E-state index contributed by atoms with van der Waals surface area (Å²) in [4.78, 5) is 4.27. The van der Waals surface area contributed by atoms with Crippen LogP contribution in [0, 0.1) is 0 Å². The second-order valence-electron chi connectivity index (χ2n) is 2.87. The number of thioether (sulfide) groups is 1. The van der Waals surface area contributed by atoms with E-state index < -0.39 is 0 Å². The van der Waals surface area contributed by atoms with Crippen LogP contribution in [0.2, 0.25) is 0 Å². The fourth-order valence-corrected chi connectivity index (χ4v) is 2.37. The van der Waals surface area contributed by atoms with Crippen LogP contribution >= 0.6 is 11.8 Å². The van der Waals surface area contributed by atoms with E-state index in [1.807, 2.05) is 30.1 Å². The zero-order valence-corrected chi connectivity index (χ0v) is 7.68. The van der Waals surface area contributed by atoms with Crippen molar-refractivity contribution in [2.24, 2.45) is 0 Å². The molecule has 1 fully saturated rings. The van der Waals surface area contributed by atoms with Crippen LogP contribution in [0.5, 0.6) is 0 Å². The van der Waals surface area contributed by atoms with Crippen molar-refractivity contribution in [1.82, 2.24) is 10.3 Å². The quantitative estimate of drug-likeness (QED) is 0.752. The molecule has 1 atom stereocenters. The van der Waals surface area contributed by atoms with Gasteiger partial charge in [-0.1, -0.05) is 17.8 Å². The van der Waals surface area contributed by atoms with Crippen molar-refractivity contribution >= 4 is 11.8 Å². The molecular formula is C9H12N2S. The largest absolute Gasteiger partial charge is 0.305 e. The highest BCUT2D eigenvalue weighted by Gasteiger charge is 2.14. The number of hydrogen-bond donors (Lipinski definition) is 1. The van der Waals surface area contributed by atoms with E-state index in [1.165, 1.54) is 12.8 Å². The Bertz CT molecular complexity index is 232. The maximum atomic E-state index is 4.27. The smallest absolute Gasteiger partial charge is 0.0975 e. The molecule has 0 spiro atoms. The molecule has 1 aromatic rings. The van der Waals surface area contributed by atoms with Crippen molar-refractivity contribution in [2.75, 3.05) is 6.54 Å². The van der Waals surface area contributed by atoms with Crippen molar-refractivity contribution in [1.29, 1.82) is 0 Å². The van der Waals surface area contributed by atoms with Gasteiger partial charge in [0.2, 0.25) is 0 Å². The average molecular weight is 180 g/mol. The van der Waals surface area contributed by atoms with Crippen LogP contribution in [0.15, 0.2) is 29.4 Å². The summed E-state index contributed by atoms with van der Waals surface area (Å²) in [6.07, 6.45) is 4.41. The van der Waals surface area contributed by atoms with Crippen molar-refractivity contribution < 1.29 is 0 Å². The summed E-state index contributed by atoms with van der Waals surface area (Å²) in [5.74, 6) is 0. The normalized spacial score (nSPS) is 22.8.